The maximum atomic E-state index is 11.0. The number of anilines is 2. The van der Waals surface area contributed by atoms with Crippen LogP contribution in [-0.2, 0) is 11.2 Å². The van der Waals surface area contributed by atoms with Gasteiger partial charge in [0, 0.05) is 43.5 Å². The molecule has 2 aromatic heterocycles. The molecule has 0 saturated carbocycles. The maximum absolute atomic E-state index is 11.0. The highest BCUT2D eigenvalue weighted by Gasteiger charge is 2.38. The molecule has 1 saturated heterocycles. The van der Waals surface area contributed by atoms with Gasteiger partial charge in [0.05, 0.1) is 36.3 Å². The van der Waals surface area contributed by atoms with Crippen molar-refractivity contribution in [3.05, 3.63) is 47.9 Å². The lowest BCUT2D eigenvalue weighted by molar-refractivity contribution is 0.0646. The van der Waals surface area contributed by atoms with Gasteiger partial charge in [-0.3, -0.25) is 0 Å². The average Bonchev–Trinajstić information content (AvgIpc) is 3.34. The van der Waals surface area contributed by atoms with Crippen molar-refractivity contribution in [2.24, 2.45) is 5.92 Å². The molecular weight excluding hydrogens is 394 g/mol. The van der Waals surface area contributed by atoms with Crippen molar-refractivity contribution in [2.75, 3.05) is 36.5 Å². The molecule has 2 unspecified atom stereocenters. The molecule has 2 aliphatic heterocycles. The van der Waals surface area contributed by atoms with Crippen LogP contribution in [0, 0.1) is 5.92 Å². The first-order valence-corrected chi connectivity index (χ1v) is 10.9. The number of hydrogen-bond acceptors (Lipinski definition) is 7. The van der Waals surface area contributed by atoms with E-state index in [1.807, 2.05) is 12.3 Å². The van der Waals surface area contributed by atoms with E-state index in [4.69, 9.17) is 9.47 Å². The molecule has 1 aromatic carbocycles. The Kier molecular flexibility index (Phi) is 4.98. The van der Waals surface area contributed by atoms with Crippen molar-refractivity contribution >= 4 is 17.0 Å². The van der Waals surface area contributed by atoms with Gasteiger partial charge in [0.15, 0.2) is 11.9 Å². The molecule has 2 aliphatic rings. The lowest BCUT2D eigenvalue weighted by Crippen LogP contribution is -2.37. The first-order chi connectivity index (χ1) is 14.9. The second-order valence-corrected chi connectivity index (χ2v) is 8.86. The van der Waals surface area contributed by atoms with Gasteiger partial charge in [0.2, 0.25) is 0 Å². The smallest absolute Gasteiger partial charge is 0.162 e. The van der Waals surface area contributed by atoms with Crippen LogP contribution in [0.25, 0.3) is 5.65 Å². The van der Waals surface area contributed by atoms with Crippen LogP contribution in [-0.4, -0.2) is 51.6 Å². The minimum absolute atomic E-state index is 0.228. The predicted octanol–water partition coefficient (Wildman–Crippen LogP) is 3.02. The predicted molar refractivity (Wildman–Crippen MR) is 119 cm³/mol. The highest BCUT2D eigenvalue weighted by Crippen LogP contribution is 2.44. The van der Waals surface area contributed by atoms with E-state index >= 15 is 0 Å². The molecule has 2 N–H and O–H groups in total. The number of ether oxygens (including phenoxy) is 2. The average molecular weight is 424 g/mol. The third-order valence-corrected chi connectivity index (χ3v) is 6.53. The highest BCUT2D eigenvalue weighted by atomic mass is 16.5. The van der Waals surface area contributed by atoms with Gasteiger partial charge in [0.1, 0.15) is 11.4 Å². The third kappa shape index (κ3) is 3.59. The van der Waals surface area contributed by atoms with Crippen LogP contribution in [0.4, 0.5) is 11.4 Å². The van der Waals surface area contributed by atoms with Crippen molar-refractivity contribution in [1.29, 1.82) is 0 Å². The molecule has 0 aliphatic carbocycles. The summed E-state index contributed by atoms with van der Waals surface area (Å²) in [6.45, 7) is 9.50. The van der Waals surface area contributed by atoms with E-state index in [0.717, 1.165) is 42.2 Å². The van der Waals surface area contributed by atoms with Gasteiger partial charge in [-0.15, -0.1) is 0 Å². The molecular formula is C23H29N5O3. The van der Waals surface area contributed by atoms with Crippen molar-refractivity contribution in [3.63, 3.8) is 0 Å². The Bertz CT molecular complexity index is 1090. The van der Waals surface area contributed by atoms with Crippen molar-refractivity contribution in [3.8, 4) is 5.75 Å². The molecule has 2 atom stereocenters. The fourth-order valence-electron chi connectivity index (χ4n) is 4.28. The summed E-state index contributed by atoms with van der Waals surface area (Å²) in [6, 6.07) is 6.04. The zero-order valence-electron chi connectivity index (χ0n) is 18.2. The summed E-state index contributed by atoms with van der Waals surface area (Å²) in [5.41, 5.74) is 4.08. The van der Waals surface area contributed by atoms with Gasteiger partial charge in [-0.2, -0.15) is 5.10 Å². The minimum atomic E-state index is -0.941. The zero-order chi connectivity index (χ0) is 21.6. The summed E-state index contributed by atoms with van der Waals surface area (Å²) in [5, 5.41) is 18.7. The Morgan fingerprint density at radius 1 is 1.23 bits per heavy atom. The van der Waals surface area contributed by atoms with E-state index in [0.29, 0.717) is 30.3 Å². The number of nitrogens with zero attached hydrogens (tertiary/aromatic N) is 4. The number of aliphatic hydroxyl groups excluding tert-OH is 1. The SMILES string of the molecule is CC(C)C1(C)Cc2cc(NC(O)c3cnn4cccnc34)c(N3CCOCC3)cc2O1. The Labute approximate surface area is 181 Å². The monoisotopic (exact) mass is 423 g/mol. The molecule has 8 nitrogen and oxygen atoms in total. The standard InChI is InChI=1S/C23H29N5O3/c1-15(2)23(3)13-16-11-18(19(12-20(16)31-23)27-7-9-30-10-8-27)26-22(29)17-14-25-28-6-4-5-24-21(17)28/h4-6,11-12,14-15,22,26,29H,7-10,13H2,1-3H3. The molecule has 0 amide bonds. The number of rotatable bonds is 5. The Balaban J connectivity index is 1.51. The summed E-state index contributed by atoms with van der Waals surface area (Å²) in [5.74, 6) is 1.31. The molecule has 3 aromatic rings. The number of nitrogens with one attached hydrogen (secondary N) is 1. The lowest BCUT2D eigenvalue weighted by atomic mass is 9.88. The number of hydrogen-bond donors (Lipinski definition) is 2. The van der Waals surface area contributed by atoms with Gasteiger partial charge in [-0.05, 0) is 25.0 Å². The Morgan fingerprint density at radius 2 is 2.03 bits per heavy atom. The zero-order valence-corrected chi connectivity index (χ0v) is 18.2. The largest absolute Gasteiger partial charge is 0.487 e. The van der Waals surface area contributed by atoms with Crippen LogP contribution < -0.4 is 15.0 Å². The van der Waals surface area contributed by atoms with Gasteiger partial charge in [-0.1, -0.05) is 13.8 Å². The summed E-state index contributed by atoms with van der Waals surface area (Å²) in [4.78, 5) is 6.65. The molecule has 4 heterocycles. The molecule has 1 fully saturated rings. The normalized spacial score (nSPS) is 21.9. The Morgan fingerprint density at radius 3 is 2.81 bits per heavy atom. The van der Waals surface area contributed by atoms with Crippen LogP contribution in [0.5, 0.6) is 5.75 Å². The summed E-state index contributed by atoms with van der Waals surface area (Å²) in [7, 11) is 0. The quantitative estimate of drug-likeness (QED) is 0.610. The fraction of sp³-hybridized carbons (Fsp3) is 0.478. The van der Waals surface area contributed by atoms with Crippen LogP contribution >= 0.6 is 0 Å². The first kappa shape index (κ1) is 20.1. The van der Waals surface area contributed by atoms with Crippen molar-refractivity contribution in [2.45, 2.75) is 39.0 Å². The highest BCUT2D eigenvalue weighted by molar-refractivity contribution is 5.75. The number of morpholine rings is 1. The molecule has 0 spiro atoms. The molecule has 31 heavy (non-hydrogen) atoms. The second-order valence-electron chi connectivity index (χ2n) is 8.86. The second kappa shape index (κ2) is 7.69. The summed E-state index contributed by atoms with van der Waals surface area (Å²) < 4.78 is 13.6. The van der Waals surface area contributed by atoms with Crippen LogP contribution in [0.15, 0.2) is 36.8 Å². The van der Waals surface area contributed by atoms with Crippen LogP contribution in [0.3, 0.4) is 0 Å². The number of fused-ring (bicyclic) bond motifs is 2. The van der Waals surface area contributed by atoms with Gasteiger partial charge >= 0.3 is 0 Å². The molecule has 0 bridgehead atoms. The molecule has 0 radical (unpaired) electrons. The lowest BCUT2D eigenvalue weighted by Gasteiger charge is -2.32. The summed E-state index contributed by atoms with van der Waals surface area (Å²) in [6.07, 6.45) is 5.07. The third-order valence-electron chi connectivity index (χ3n) is 6.53. The first-order valence-electron chi connectivity index (χ1n) is 10.9. The van der Waals surface area contributed by atoms with E-state index in [-0.39, 0.29) is 5.60 Å². The fourth-order valence-corrected chi connectivity index (χ4v) is 4.28. The minimum Gasteiger partial charge on any atom is -0.487 e. The van der Waals surface area contributed by atoms with E-state index in [2.05, 4.69) is 53.2 Å². The Hall–Kier alpha value is -2.84. The number of benzene rings is 1. The van der Waals surface area contributed by atoms with Gasteiger partial charge in [-0.25, -0.2) is 9.50 Å². The maximum Gasteiger partial charge on any atom is 0.162 e. The van der Waals surface area contributed by atoms with Crippen LogP contribution in [0.1, 0.15) is 38.1 Å². The summed E-state index contributed by atoms with van der Waals surface area (Å²) >= 11 is 0. The van der Waals surface area contributed by atoms with Crippen LogP contribution in [0.2, 0.25) is 0 Å². The van der Waals surface area contributed by atoms with E-state index in [1.165, 1.54) is 0 Å². The van der Waals surface area contributed by atoms with E-state index < -0.39 is 6.23 Å². The topological polar surface area (TPSA) is 84.2 Å². The van der Waals surface area contributed by atoms with Crippen molar-refractivity contribution in [1.82, 2.24) is 14.6 Å². The van der Waals surface area contributed by atoms with Gasteiger partial charge < -0.3 is 24.8 Å². The molecule has 5 rings (SSSR count). The molecule has 8 heteroatoms. The number of aromatic nitrogens is 3. The number of aliphatic hydroxyl groups is 1. The molecule has 164 valence electrons. The van der Waals surface area contributed by atoms with Crippen molar-refractivity contribution < 1.29 is 14.6 Å². The van der Waals surface area contributed by atoms with Gasteiger partial charge in [0.25, 0.3) is 0 Å². The van der Waals surface area contributed by atoms with E-state index in [9.17, 15) is 5.11 Å². The van der Waals surface area contributed by atoms with E-state index in [1.54, 1.807) is 16.9 Å².